The largest absolute Gasteiger partial charge is 0.409 e. The summed E-state index contributed by atoms with van der Waals surface area (Å²) in [4.78, 5) is 0. The number of nitrogens with zero attached hydrogens (tertiary/aromatic N) is 4. The molecule has 2 aromatic rings. The van der Waals surface area contributed by atoms with Crippen LogP contribution in [0.25, 0.3) is 0 Å². The molecule has 4 N–H and O–H groups in total. The van der Waals surface area contributed by atoms with Crippen molar-refractivity contribution in [3.8, 4) is 0 Å². The van der Waals surface area contributed by atoms with Crippen molar-refractivity contribution < 1.29 is 18.4 Å². The Bertz CT molecular complexity index is 927. The van der Waals surface area contributed by atoms with E-state index < -0.39 is 15.7 Å². The molecule has 0 amide bonds. The van der Waals surface area contributed by atoms with E-state index in [1.807, 2.05) is 0 Å². The fourth-order valence-corrected chi connectivity index (χ4v) is 3.35. The van der Waals surface area contributed by atoms with Crippen molar-refractivity contribution in [1.29, 1.82) is 0 Å². The third kappa shape index (κ3) is 5.52. The molecule has 0 aliphatic rings. The zero-order chi connectivity index (χ0) is 19.9. The topological polar surface area (TPSA) is 137 Å². The average molecular weight is 420 g/mol. The summed E-state index contributed by atoms with van der Waals surface area (Å²) in [7, 11) is 0.643. The van der Waals surface area contributed by atoms with E-state index in [1.165, 1.54) is 19.2 Å². The highest BCUT2D eigenvalue weighted by Gasteiger charge is 2.18. The molecule has 0 spiro atoms. The van der Waals surface area contributed by atoms with Crippen molar-refractivity contribution in [3.63, 3.8) is 0 Å². The Kier molecular flexibility index (Phi) is 7.33. The molecule has 0 radical (unpaired) electrons. The zero-order valence-corrected chi connectivity index (χ0v) is 16.1. The molecule has 0 bridgehead atoms. The van der Waals surface area contributed by atoms with Gasteiger partial charge in [0.25, 0.3) is 0 Å². The van der Waals surface area contributed by atoms with Gasteiger partial charge in [0.2, 0.25) is 11.7 Å². The van der Waals surface area contributed by atoms with Gasteiger partial charge in [-0.25, -0.2) is 22.3 Å². The zero-order valence-electron chi connectivity index (χ0n) is 14.6. The van der Waals surface area contributed by atoms with Gasteiger partial charge in [0.05, 0.1) is 5.02 Å². The van der Waals surface area contributed by atoms with Crippen LogP contribution in [0.1, 0.15) is 12.1 Å². The first-order valence-corrected chi connectivity index (χ1v) is 9.81. The Hall–Kier alpha value is -2.44. The van der Waals surface area contributed by atoms with Gasteiger partial charge in [0.15, 0.2) is 5.69 Å². The van der Waals surface area contributed by atoms with E-state index in [0.717, 1.165) is 6.07 Å². The number of halogens is 2. The van der Waals surface area contributed by atoms with Crippen LogP contribution in [0.3, 0.4) is 0 Å². The lowest BCUT2D eigenvalue weighted by atomic mass is 10.3. The van der Waals surface area contributed by atoms with Crippen molar-refractivity contribution in [2.45, 2.75) is 6.42 Å². The van der Waals surface area contributed by atoms with E-state index in [2.05, 4.69) is 39.8 Å². The van der Waals surface area contributed by atoms with Gasteiger partial charge in [0.1, 0.15) is 15.7 Å². The second-order valence-corrected chi connectivity index (χ2v) is 8.05. The van der Waals surface area contributed by atoms with Crippen LogP contribution >= 0.6 is 11.6 Å². The van der Waals surface area contributed by atoms with E-state index in [4.69, 9.17) is 11.6 Å². The minimum Gasteiger partial charge on any atom is -0.409 e. The first-order chi connectivity index (χ1) is 12.9. The van der Waals surface area contributed by atoms with Gasteiger partial charge in [-0.15, -0.1) is 0 Å². The molecule has 1 unspecified atom stereocenters. The number of hydrogen-bond acceptors (Lipinski definition) is 8. The Morgan fingerprint density at radius 3 is 2.85 bits per heavy atom. The Balaban J connectivity index is 2.03. The smallest absolute Gasteiger partial charge is 0.203 e. The van der Waals surface area contributed by atoms with Crippen LogP contribution in [0, 0.1) is 5.82 Å². The van der Waals surface area contributed by atoms with Crippen LogP contribution in [0.4, 0.5) is 15.9 Å². The number of amidine groups is 1. The SMILES string of the molecule is CN=S(=O)(CCCNc1nonc1/C(=N/O)Nc1ccc(F)c(Cl)c1)NC. The molecule has 0 saturated heterocycles. The molecule has 10 nitrogen and oxygen atoms in total. The van der Waals surface area contributed by atoms with Crippen molar-refractivity contribution in [2.75, 3.05) is 37.0 Å². The number of benzene rings is 1. The molecule has 1 aromatic carbocycles. The lowest BCUT2D eigenvalue weighted by Crippen LogP contribution is -2.23. The predicted molar refractivity (Wildman–Crippen MR) is 101 cm³/mol. The van der Waals surface area contributed by atoms with E-state index in [9.17, 15) is 13.8 Å². The van der Waals surface area contributed by atoms with Gasteiger partial charge in [-0.05, 0) is 42.0 Å². The normalized spacial score (nSPS) is 13.9. The number of oxime groups is 1. The number of anilines is 2. The van der Waals surface area contributed by atoms with Crippen LogP contribution in [-0.2, 0) is 9.92 Å². The molecule has 0 saturated carbocycles. The molecule has 1 atom stereocenters. The monoisotopic (exact) mass is 419 g/mol. The molecule has 0 fully saturated rings. The predicted octanol–water partition coefficient (Wildman–Crippen LogP) is 2.14. The van der Waals surface area contributed by atoms with Crippen molar-refractivity contribution in [1.82, 2.24) is 15.0 Å². The van der Waals surface area contributed by atoms with Crippen LogP contribution < -0.4 is 15.4 Å². The van der Waals surface area contributed by atoms with E-state index in [-0.39, 0.29) is 22.4 Å². The van der Waals surface area contributed by atoms with Gasteiger partial charge < -0.3 is 15.8 Å². The summed E-state index contributed by atoms with van der Waals surface area (Å²) >= 11 is 5.73. The number of rotatable bonds is 8. The maximum atomic E-state index is 13.2. The van der Waals surface area contributed by atoms with Crippen LogP contribution in [-0.4, -0.2) is 52.0 Å². The molecule has 0 aliphatic carbocycles. The summed E-state index contributed by atoms with van der Waals surface area (Å²) in [5.74, 6) is -0.106. The lowest BCUT2D eigenvalue weighted by molar-refractivity contribution is 0.305. The second kappa shape index (κ2) is 9.48. The standard InChI is InChI=1S/C14H19ClFN7O3S/c1-17-27(25,18-2)7-3-6-19-13-12(22-26-23-13)14(21-24)20-9-4-5-11(16)10(15)8-9/h4-5,8,24H,3,6-7H2,1-2H3,(H,19,23)(H,20,21)(H,17,18,25). The van der Waals surface area contributed by atoms with Crippen LogP contribution in [0.5, 0.6) is 0 Å². The minimum absolute atomic E-state index is 0.0796. The van der Waals surface area contributed by atoms with Gasteiger partial charge >= 0.3 is 0 Å². The van der Waals surface area contributed by atoms with Crippen LogP contribution in [0.15, 0.2) is 32.3 Å². The summed E-state index contributed by atoms with van der Waals surface area (Å²) in [5.41, 5.74) is 0.481. The Labute approximate surface area is 160 Å². The van der Waals surface area contributed by atoms with Gasteiger partial charge in [-0.3, -0.25) is 0 Å². The number of nitrogens with one attached hydrogen (secondary N) is 3. The van der Waals surface area contributed by atoms with E-state index >= 15 is 0 Å². The second-order valence-electron chi connectivity index (χ2n) is 5.18. The highest BCUT2D eigenvalue weighted by molar-refractivity contribution is 7.91. The lowest BCUT2D eigenvalue weighted by Gasteiger charge is -2.09. The quantitative estimate of drug-likeness (QED) is 0.169. The number of aromatic nitrogens is 2. The molecule has 148 valence electrons. The average Bonchev–Trinajstić information content (AvgIpc) is 3.14. The third-order valence-electron chi connectivity index (χ3n) is 3.50. The third-order valence-corrected chi connectivity index (χ3v) is 5.86. The molecular formula is C14H19ClFN7O3S. The minimum atomic E-state index is -2.43. The Morgan fingerprint density at radius 1 is 1.44 bits per heavy atom. The fraction of sp³-hybridized carbons (Fsp3) is 0.357. The molecule has 2 rings (SSSR count). The van der Waals surface area contributed by atoms with Crippen molar-refractivity contribution in [2.24, 2.45) is 9.52 Å². The van der Waals surface area contributed by atoms with Crippen molar-refractivity contribution >= 4 is 38.9 Å². The van der Waals surface area contributed by atoms with Gasteiger partial charge in [0, 0.05) is 25.0 Å². The van der Waals surface area contributed by atoms with Gasteiger partial charge in [-0.2, -0.15) is 0 Å². The maximum absolute atomic E-state index is 13.2. The molecule has 27 heavy (non-hydrogen) atoms. The maximum Gasteiger partial charge on any atom is 0.203 e. The number of hydrogen-bond donors (Lipinski definition) is 4. The Morgan fingerprint density at radius 2 is 2.22 bits per heavy atom. The molecule has 1 heterocycles. The summed E-state index contributed by atoms with van der Waals surface area (Å²) in [6.07, 6.45) is 0.524. The summed E-state index contributed by atoms with van der Waals surface area (Å²) in [6.45, 7) is 0.399. The van der Waals surface area contributed by atoms with E-state index in [0.29, 0.717) is 24.4 Å². The van der Waals surface area contributed by atoms with Crippen LogP contribution in [0.2, 0.25) is 5.02 Å². The highest BCUT2D eigenvalue weighted by atomic mass is 35.5. The fourth-order valence-electron chi connectivity index (χ4n) is 2.06. The molecule has 1 aromatic heterocycles. The van der Waals surface area contributed by atoms with Crippen molar-refractivity contribution in [3.05, 3.63) is 34.7 Å². The summed E-state index contributed by atoms with van der Waals surface area (Å²) in [6, 6.07) is 3.90. The molecular weight excluding hydrogens is 401 g/mol. The first kappa shape index (κ1) is 20.9. The summed E-state index contributed by atoms with van der Waals surface area (Å²) < 4.78 is 36.6. The van der Waals surface area contributed by atoms with Gasteiger partial charge in [-0.1, -0.05) is 16.8 Å². The highest BCUT2D eigenvalue weighted by Crippen LogP contribution is 2.21. The molecule has 0 aliphatic heterocycles. The first-order valence-electron chi connectivity index (χ1n) is 7.74. The summed E-state index contributed by atoms with van der Waals surface area (Å²) in [5, 5.41) is 25.4. The molecule has 13 heteroatoms. The van der Waals surface area contributed by atoms with E-state index in [1.54, 1.807) is 7.05 Å².